The van der Waals surface area contributed by atoms with Gasteiger partial charge >= 0.3 is 11.9 Å². The van der Waals surface area contributed by atoms with Crippen molar-refractivity contribution in [2.45, 2.75) is 26.1 Å². The van der Waals surface area contributed by atoms with E-state index in [1.54, 1.807) is 0 Å². The number of aliphatic carboxylic acids is 1. The minimum absolute atomic E-state index is 0.797. The number of carbonyl (C=O) groups is 3. The number of hydrogen-bond acceptors (Lipinski definition) is 6. The fourth-order valence-corrected chi connectivity index (χ4v) is 0.950. The van der Waals surface area contributed by atoms with Crippen molar-refractivity contribution in [3.63, 3.8) is 0 Å². The van der Waals surface area contributed by atoms with E-state index in [9.17, 15) is 18.9 Å². The number of aliphatic hydroxyl groups is 1. The van der Waals surface area contributed by atoms with Gasteiger partial charge in [-0.1, -0.05) is 0 Å². The molecule has 0 unspecified atom stereocenters. The fourth-order valence-electron chi connectivity index (χ4n) is 0.749. The second kappa shape index (κ2) is 6.30. The summed E-state index contributed by atoms with van der Waals surface area (Å²) in [6.07, 6.45) is -3.14. The first-order chi connectivity index (χ1) is 7.31. The molecule has 0 bridgehead atoms. The van der Waals surface area contributed by atoms with E-state index in [0.717, 1.165) is 6.92 Å². The van der Waals surface area contributed by atoms with Crippen molar-refractivity contribution in [1.29, 1.82) is 0 Å². The molecule has 0 aromatic carbocycles. The highest BCUT2D eigenvalue weighted by Crippen LogP contribution is 2.10. The molecule has 0 aliphatic heterocycles. The molecular formula is C8H11O7P. The quantitative estimate of drug-likeness (QED) is 0.495. The molecule has 0 heterocycles. The summed E-state index contributed by atoms with van der Waals surface area (Å²) in [7, 11) is -0.797. The summed E-state index contributed by atoms with van der Waals surface area (Å²) in [6.45, 7) is 2.35. The lowest BCUT2D eigenvalue weighted by Gasteiger charge is -2.16. The van der Waals surface area contributed by atoms with Crippen molar-refractivity contribution >= 4 is 25.9 Å². The molecule has 0 spiro atoms. The molecule has 0 rings (SSSR count). The third kappa shape index (κ3) is 4.04. The summed E-state index contributed by atoms with van der Waals surface area (Å²) in [5, 5.41) is 17.4. The molecular weight excluding hydrogens is 239 g/mol. The van der Waals surface area contributed by atoms with E-state index in [0.29, 0.717) is 0 Å². The number of carboxylic acid groups (broad SMARTS) is 1. The van der Waals surface area contributed by atoms with Crippen LogP contribution in [0.25, 0.3) is 0 Å². The number of rotatable bonds is 6. The van der Waals surface area contributed by atoms with Gasteiger partial charge in [0.15, 0.2) is 12.2 Å². The van der Waals surface area contributed by atoms with Gasteiger partial charge in [-0.05, 0) is 13.8 Å². The molecule has 0 aromatic heterocycles. The Morgan fingerprint density at radius 3 is 2.12 bits per heavy atom. The van der Waals surface area contributed by atoms with E-state index in [1.807, 2.05) is 0 Å². The maximum absolute atomic E-state index is 11.2. The van der Waals surface area contributed by atoms with Crippen LogP contribution in [-0.2, 0) is 23.7 Å². The zero-order valence-electron chi connectivity index (χ0n) is 8.61. The van der Waals surface area contributed by atoms with Crippen LogP contribution in [-0.4, -0.2) is 39.9 Å². The molecule has 0 radical (unpaired) electrons. The Bertz CT molecular complexity index is 314. The Balaban J connectivity index is 4.41. The second-order valence-electron chi connectivity index (χ2n) is 3.08. The number of aliphatic hydroxyl groups excluding tert-OH is 1. The van der Waals surface area contributed by atoms with Crippen LogP contribution in [0.2, 0.25) is 0 Å². The van der Waals surface area contributed by atoms with Crippen molar-refractivity contribution in [3.05, 3.63) is 0 Å². The molecule has 0 aliphatic carbocycles. The highest BCUT2D eigenvalue weighted by molar-refractivity contribution is 7.46. The molecule has 0 aliphatic rings. The highest BCUT2D eigenvalue weighted by atomic mass is 31.1. The van der Waals surface area contributed by atoms with Gasteiger partial charge < -0.3 is 14.9 Å². The monoisotopic (exact) mass is 250 g/mol. The Labute approximate surface area is 92.6 Å². The van der Waals surface area contributed by atoms with Gasteiger partial charge in [-0.25, -0.2) is 4.79 Å². The van der Waals surface area contributed by atoms with E-state index >= 15 is 0 Å². The Kier molecular flexibility index (Phi) is 5.77. The SMILES string of the molecule is C[C@H](OC(=O)[C@H](C)[C@H](O)C(=O)O)C(=O)P=O. The maximum atomic E-state index is 11.2. The molecule has 2 N–H and O–H groups in total. The molecule has 90 valence electrons. The molecule has 0 aromatic rings. The summed E-state index contributed by atoms with van der Waals surface area (Å²) in [6, 6.07) is 0. The maximum Gasteiger partial charge on any atom is 0.333 e. The normalized spacial score (nSPS) is 16.2. The Hall–Kier alpha value is -1.33. The molecule has 0 amide bonds. The van der Waals surface area contributed by atoms with Gasteiger partial charge in [-0.2, -0.15) is 0 Å². The average Bonchev–Trinajstić information content (AvgIpc) is 2.25. The summed E-state index contributed by atoms with van der Waals surface area (Å²) in [4.78, 5) is 32.4. The predicted molar refractivity (Wildman–Crippen MR) is 51.0 cm³/mol. The average molecular weight is 250 g/mol. The third-order valence-electron chi connectivity index (χ3n) is 1.83. The first-order valence-corrected chi connectivity index (χ1v) is 5.11. The van der Waals surface area contributed by atoms with E-state index in [4.69, 9.17) is 10.2 Å². The second-order valence-corrected chi connectivity index (χ2v) is 3.70. The van der Waals surface area contributed by atoms with Crippen LogP contribution >= 0.6 is 8.46 Å². The van der Waals surface area contributed by atoms with Crippen LogP contribution < -0.4 is 0 Å². The summed E-state index contributed by atoms with van der Waals surface area (Å²) < 4.78 is 14.7. The molecule has 16 heavy (non-hydrogen) atoms. The number of carboxylic acids is 1. The van der Waals surface area contributed by atoms with Gasteiger partial charge in [0.2, 0.25) is 8.46 Å². The van der Waals surface area contributed by atoms with Gasteiger partial charge in [0.1, 0.15) is 0 Å². The van der Waals surface area contributed by atoms with Gasteiger partial charge in [-0.15, -0.1) is 0 Å². The molecule has 0 saturated heterocycles. The van der Waals surface area contributed by atoms with Crippen molar-refractivity contribution < 1.29 is 33.9 Å². The molecule has 0 saturated carbocycles. The van der Waals surface area contributed by atoms with Gasteiger partial charge in [-0.3, -0.25) is 14.2 Å². The number of esters is 1. The molecule has 7 nitrogen and oxygen atoms in total. The molecule has 8 heteroatoms. The zero-order chi connectivity index (χ0) is 12.9. The first kappa shape index (κ1) is 14.7. The van der Waals surface area contributed by atoms with Gasteiger partial charge in [0.25, 0.3) is 5.52 Å². The Morgan fingerprint density at radius 2 is 1.75 bits per heavy atom. The predicted octanol–water partition coefficient (Wildman–Crippen LogP) is -0.182. The lowest BCUT2D eigenvalue weighted by atomic mass is 10.1. The van der Waals surface area contributed by atoms with Crippen LogP contribution in [0.15, 0.2) is 0 Å². The lowest BCUT2D eigenvalue weighted by molar-refractivity contribution is -0.165. The topological polar surface area (TPSA) is 118 Å². The summed E-state index contributed by atoms with van der Waals surface area (Å²) >= 11 is 0. The minimum atomic E-state index is -1.90. The van der Waals surface area contributed by atoms with Crippen LogP contribution in [0, 0.1) is 5.92 Å². The van der Waals surface area contributed by atoms with Crippen molar-refractivity contribution in [2.75, 3.05) is 0 Å². The van der Waals surface area contributed by atoms with Gasteiger partial charge in [0.05, 0.1) is 5.92 Å². The van der Waals surface area contributed by atoms with Crippen molar-refractivity contribution in [1.82, 2.24) is 0 Å². The standard InChI is InChI=1S/C8H11O7P/c1-3(5(9)6(10)11)7(12)15-4(2)8(13)16-14/h3-5,9H,1-2H3,(H,10,11)/t3-,4+,5+/m1/s1. The smallest absolute Gasteiger partial charge is 0.333 e. The zero-order valence-corrected chi connectivity index (χ0v) is 9.51. The molecule has 3 atom stereocenters. The highest BCUT2D eigenvalue weighted by Gasteiger charge is 2.31. The summed E-state index contributed by atoms with van der Waals surface area (Å²) in [5.74, 6) is -3.92. The van der Waals surface area contributed by atoms with Crippen LogP contribution in [0.3, 0.4) is 0 Å². The number of ether oxygens (including phenoxy) is 1. The van der Waals surface area contributed by atoms with Gasteiger partial charge in [0, 0.05) is 0 Å². The van der Waals surface area contributed by atoms with E-state index in [2.05, 4.69) is 4.74 Å². The van der Waals surface area contributed by atoms with Crippen molar-refractivity contribution in [3.8, 4) is 0 Å². The first-order valence-electron chi connectivity index (χ1n) is 4.29. The largest absolute Gasteiger partial charge is 0.479 e. The van der Waals surface area contributed by atoms with Crippen LogP contribution in [0.5, 0.6) is 0 Å². The Morgan fingerprint density at radius 1 is 1.25 bits per heavy atom. The van der Waals surface area contributed by atoms with Crippen molar-refractivity contribution in [2.24, 2.45) is 5.92 Å². The van der Waals surface area contributed by atoms with Crippen LogP contribution in [0.1, 0.15) is 13.8 Å². The minimum Gasteiger partial charge on any atom is -0.479 e. The lowest BCUT2D eigenvalue weighted by Crippen LogP contribution is -2.36. The summed E-state index contributed by atoms with van der Waals surface area (Å²) in [5.41, 5.74) is -0.842. The van der Waals surface area contributed by atoms with E-state index < -0.39 is 44.0 Å². The van der Waals surface area contributed by atoms with E-state index in [1.165, 1.54) is 6.92 Å². The molecule has 0 fully saturated rings. The third-order valence-corrected chi connectivity index (χ3v) is 2.37. The van der Waals surface area contributed by atoms with Crippen LogP contribution in [0.4, 0.5) is 0 Å². The number of carbonyl (C=O) groups excluding carboxylic acids is 2. The van der Waals surface area contributed by atoms with E-state index in [-0.39, 0.29) is 0 Å². The number of hydrogen-bond donors (Lipinski definition) is 2. The fraction of sp³-hybridized carbons (Fsp3) is 0.625.